The van der Waals surface area contributed by atoms with Crippen molar-refractivity contribution in [3.63, 3.8) is 0 Å². The maximum Gasteiger partial charge on any atom is 0.188 e. The molecule has 0 bridgehead atoms. The summed E-state index contributed by atoms with van der Waals surface area (Å²) in [7, 11) is 0.754. The number of hydrogen-bond acceptors (Lipinski definition) is 8. The number of aliphatic hydroxyl groups excluding tert-OH is 1. The highest BCUT2D eigenvalue weighted by Crippen LogP contribution is 2.34. The summed E-state index contributed by atoms with van der Waals surface area (Å²) >= 11 is 3.00. The first-order valence-electron chi connectivity index (χ1n) is 8.39. The van der Waals surface area contributed by atoms with E-state index in [0.717, 1.165) is 26.7 Å². The van der Waals surface area contributed by atoms with Crippen LogP contribution in [0.25, 0.3) is 11.3 Å². The highest BCUT2D eigenvalue weighted by Gasteiger charge is 2.13. The molecule has 0 atom stereocenters. The van der Waals surface area contributed by atoms with Crippen LogP contribution < -0.4 is 5.32 Å². The molecule has 0 fully saturated rings. The van der Waals surface area contributed by atoms with Crippen molar-refractivity contribution < 1.29 is 13.5 Å². The van der Waals surface area contributed by atoms with Crippen molar-refractivity contribution in [1.29, 1.82) is 0 Å². The van der Waals surface area contributed by atoms with Crippen LogP contribution in [-0.4, -0.2) is 43.2 Å². The Balaban J connectivity index is 1.82. The molecule has 0 aliphatic carbocycles. The van der Waals surface area contributed by atoms with Crippen LogP contribution in [-0.2, 0) is 16.4 Å². The van der Waals surface area contributed by atoms with Gasteiger partial charge < -0.3 is 10.4 Å². The molecule has 148 valence electrons. The Morgan fingerprint density at radius 2 is 1.75 bits per heavy atom. The third kappa shape index (κ3) is 5.12. The smallest absolute Gasteiger partial charge is 0.188 e. The minimum Gasteiger partial charge on any atom is -0.391 e. The Morgan fingerprint density at radius 1 is 1.11 bits per heavy atom. The SMILES string of the molecule is CN(C)Sc1ccc(-c2nc(Nc3ccc(S(C)(=O)=O)cc3)sc2CO)cc1. The summed E-state index contributed by atoms with van der Waals surface area (Å²) in [4.78, 5) is 6.78. The van der Waals surface area contributed by atoms with Crippen molar-refractivity contribution >= 4 is 43.9 Å². The van der Waals surface area contributed by atoms with Crippen LogP contribution in [0.1, 0.15) is 4.88 Å². The number of thiazole rings is 1. The first-order chi connectivity index (χ1) is 13.3. The first-order valence-corrected chi connectivity index (χ1v) is 11.9. The molecule has 6 nitrogen and oxygen atoms in total. The van der Waals surface area contributed by atoms with Crippen molar-refractivity contribution in [2.24, 2.45) is 0 Å². The van der Waals surface area contributed by atoms with E-state index in [-0.39, 0.29) is 11.5 Å². The maximum atomic E-state index is 11.6. The molecule has 9 heteroatoms. The summed E-state index contributed by atoms with van der Waals surface area (Å²) in [6, 6.07) is 14.5. The van der Waals surface area contributed by atoms with Crippen LogP contribution in [0.15, 0.2) is 58.3 Å². The van der Waals surface area contributed by atoms with Crippen LogP contribution in [0, 0.1) is 0 Å². The summed E-state index contributed by atoms with van der Waals surface area (Å²) < 4.78 is 25.2. The Labute approximate surface area is 173 Å². The second kappa shape index (κ2) is 8.62. The molecule has 2 N–H and O–H groups in total. The summed E-state index contributed by atoms with van der Waals surface area (Å²) in [5.74, 6) is 0. The van der Waals surface area contributed by atoms with Crippen molar-refractivity contribution in [1.82, 2.24) is 9.29 Å². The van der Waals surface area contributed by atoms with E-state index in [1.54, 1.807) is 36.2 Å². The third-order valence-corrected chi connectivity index (χ3v) is 6.72. The number of hydrogen-bond donors (Lipinski definition) is 2. The molecule has 1 aromatic heterocycles. The van der Waals surface area contributed by atoms with E-state index in [1.165, 1.54) is 17.6 Å². The minimum atomic E-state index is -3.22. The molecule has 0 aliphatic heterocycles. The van der Waals surface area contributed by atoms with E-state index in [1.807, 2.05) is 42.7 Å². The van der Waals surface area contributed by atoms with Gasteiger partial charge in [-0.3, -0.25) is 4.31 Å². The average Bonchev–Trinajstić information content (AvgIpc) is 3.04. The standard InChI is InChI=1S/C19H21N3O3S3/c1-22(2)27-15-8-4-13(5-9-15)18-17(12-23)26-19(21-18)20-14-6-10-16(11-7-14)28(3,24)25/h4-11,23H,12H2,1-3H3,(H,20,21). The zero-order valence-corrected chi connectivity index (χ0v) is 18.2. The van der Waals surface area contributed by atoms with Crippen LogP contribution in [0.4, 0.5) is 10.8 Å². The zero-order valence-electron chi connectivity index (χ0n) is 15.7. The van der Waals surface area contributed by atoms with Gasteiger partial charge in [0.1, 0.15) is 0 Å². The maximum absolute atomic E-state index is 11.6. The molecule has 2 aromatic carbocycles. The highest BCUT2D eigenvalue weighted by atomic mass is 32.2. The fraction of sp³-hybridized carbons (Fsp3) is 0.211. The first kappa shape index (κ1) is 20.8. The van der Waals surface area contributed by atoms with Gasteiger partial charge in [-0.1, -0.05) is 23.5 Å². The second-order valence-electron chi connectivity index (χ2n) is 6.30. The quantitative estimate of drug-likeness (QED) is 0.543. The van der Waals surface area contributed by atoms with Gasteiger partial charge in [0.15, 0.2) is 15.0 Å². The zero-order chi connectivity index (χ0) is 20.3. The molecule has 3 aromatic rings. The van der Waals surface area contributed by atoms with Gasteiger partial charge in [-0.25, -0.2) is 13.4 Å². The van der Waals surface area contributed by atoms with Crippen LogP contribution in [0.2, 0.25) is 0 Å². The van der Waals surface area contributed by atoms with Gasteiger partial charge in [0.25, 0.3) is 0 Å². The van der Waals surface area contributed by atoms with Crippen LogP contribution in [0.3, 0.4) is 0 Å². The lowest BCUT2D eigenvalue weighted by molar-refractivity contribution is 0.286. The largest absolute Gasteiger partial charge is 0.391 e. The number of anilines is 2. The number of aliphatic hydroxyl groups is 1. The number of aromatic nitrogens is 1. The fourth-order valence-corrected chi connectivity index (χ4v) is 4.71. The van der Waals surface area contributed by atoms with Gasteiger partial charge in [0.05, 0.1) is 22.1 Å². The third-order valence-electron chi connectivity index (χ3n) is 3.79. The van der Waals surface area contributed by atoms with Crippen molar-refractivity contribution in [3.8, 4) is 11.3 Å². The number of nitrogens with one attached hydrogen (secondary N) is 1. The van der Waals surface area contributed by atoms with E-state index in [4.69, 9.17) is 0 Å². The van der Waals surface area contributed by atoms with Gasteiger partial charge in [-0.2, -0.15) is 0 Å². The van der Waals surface area contributed by atoms with Gasteiger partial charge in [0.2, 0.25) is 0 Å². The van der Waals surface area contributed by atoms with Crippen LogP contribution in [0.5, 0.6) is 0 Å². The van der Waals surface area contributed by atoms with E-state index >= 15 is 0 Å². The molecule has 1 heterocycles. The lowest BCUT2D eigenvalue weighted by Crippen LogP contribution is -1.98. The molecular weight excluding hydrogens is 414 g/mol. The van der Waals surface area contributed by atoms with Gasteiger partial charge in [-0.15, -0.1) is 0 Å². The predicted octanol–water partition coefficient (Wildman–Crippen LogP) is 4.02. The molecule has 0 saturated heterocycles. The average molecular weight is 436 g/mol. The molecule has 3 rings (SSSR count). The van der Waals surface area contributed by atoms with Gasteiger partial charge in [0, 0.05) is 22.4 Å². The second-order valence-corrected chi connectivity index (χ2v) is 10.8. The molecular formula is C19H21N3O3S3. The van der Waals surface area contributed by atoms with Crippen molar-refractivity contribution in [3.05, 3.63) is 53.4 Å². The fourth-order valence-electron chi connectivity index (χ4n) is 2.53. The summed E-state index contributed by atoms with van der Waals surface area (Å²) in [5.41, 5.74) is 2.41. The molecule has 0 aliphatic rings. The van der Waals surface area contributed by atoms with E-state index in [0.29, 0.717) is 5.13 Å². The Hall–Kier alpha value is -1.91. The van der Waals surface area contributed by atoms with Gasteiger partial charge in [-0.05, 0) is 62.4 Å². The van der Waals surface area contributed by atoms with E-state index < -0.39 is 9.84 Å². The number of sulfone groups is 1. The van der Waals surface area contributed by atoms with Gasteiger partial charge >= 0.3 is 0 Å². The highest BCUT2D eigenvalue weighted by molar-refractivity contribution is 7.97. The Bertz CT molecular complexity index is 1040. The molecule has 0 spiro atoms. The number of rotatable bonds is 7. The van der Waals surface area contributed by atoms with Crippen molar-refractivity contribution in [2.75, 3.05) is 25.7 Å². The molecule has 0 unspecified atom stereocenters. The molecule has 0 amide bonds. The Morgan fingerprint density at radius 3 is 2.29 bits per heavy atom. The summed E-state index contributed by atoms with van der Waals surface area (Å²) in [5, 5.41) is 13.5. The Kier molecular flexibility index (Phi) is 6.41. The predicted molar refractivity (Wildman–Crippen MR) is 116 cm³/mol. The number of benzene rings is 2. The molecule has 0 saturated carbocycles. The minimum absolute atomic E-state index is 0.101. The summed E-state index contributed by atoms with van der Waals surface area (Å²) in [6.45, 7) is -0.101. The topological polar surface area (TPSA) is 82.5 Å². The van der Waals surface area contributed by atoms with Crippen LogP contribution >= 0.6 is 23.3 Å². The molecule has 28 heavy (non-hydrogen) atoms. The normalized spacial score (nSPS) is 11.8. The lowest BCUT2D eigenvalue weighted by atomic mass is 10.1. The lowest BCUT2D eigenvalue weighted by Gasteiger charge is -2.08. The number of nitrogens with zero attached hydrogens (tertiary/aromatic N) is 2. The molecule has 0 radical (unpaired) electrons. The summed E-state index contributed by atoms with van der Waals surface area (Å²) in [6.07, 6.45) is 1.18. The van der Waals surface area contributed by atoms with E-state index in [9.17, 15) is 13.5 Å². The monoisotopic (exact) mass is 435 g/mol. The van der Waals surface area contributed by atoms with Crippen molar-refractivity contribution in [2.45, 2.75) is 16.4 Å². The van der Waals surface area contributed by atoms with E-state index in [2.05, 4.69) is 10.3 Å².